The highest BCUT2D eigenvalue weighted by molar-refractivity contribution is 5.88. The van der Waals surface area contributed by atoms with E-state index in [4.69, 9.17) is 4.98 Å². The standard InChI is InChI=1S/C19H17N/c1-11-4-5-14-9-17-16-8-13(3)12(2)7-15(16)10-19(17)20-18(14)6-11/h4-9H,10H2,1-3H3. The molecular formula is C19H17N. The Balaban J connectivity index is 2.01. The van der Waals surface area contributed by atoms with Gasteiger partial charge in [0.25, 0.3) is 0 Å². The molecule has 0 fully saturated rings. The molecule has 0 bridgehead atoms. The molecule has 0 amide bonds. The van der Waals surface area contributed by atoms with E-state index in [1.165, 1.54) is 44.5 Å². The van der Waals surface area contributed by atoms with Crippen molar-refractivity contribution in [2.24, 2.45) is 0 Å². The molecule has 0 unspecified atom stereocenters. The predicted octanol–water partition coefficient (Wildman–Crippen LogP) is 4.73. The number of aryl methyl sites for hydroxylation is 3. The predicted molar refractivity (Wildman–Crippen MR) is 84.2 cm³/mol. The molecule has 20 heavy (non-hydrogen) atoms. The summed E-state index contributed by atoms with van der Waals surface area (Å²) in [6.45, 7) is 6.49. The fourth-order valence-electron chi connectivity index (χ4n) is 3.14. The SMILES string of the molecule is Cc1ccc2cc3c(nc2c1)Cc1cc(C)c(C)cc1-3. The summed E-state index contributed by atoms with van der Waals surface area (Å²) in [5.41, 5.74) is 10.5. The second-order valence-electron chi connectivity index (χ2n) is 5.95. The van der Waals surface area contributed by atoms with E-state index >= 15 is 0 Å². The molecule has 1 aromatic heterocycles. The molecule has 0 saturated heterocycles. The fraction of sp³-hybridized carbons (Fsp3) is 0.211. The van der Waals surface area contributed by atoms with Gasteiger partial charge >= 0.3 is 0 Å². The molecule has 98 valence electrons. The molecule has 0 N–H and O–H groups in total. The molecule has 4 rings (SSSR count). The third kappa shape index (κ3) is 1.59. The molecule has 1 heterocycles. The average Bonchev–Trinajstić information content (AvgIpc) is 2.73. The van der Waals surface area contributed by atoms with E-state index in [-0.39, 0.29) is 0 Å². The van der Waals surface area contributed by atoms with Crippen molar-refractivity contribution in [3.8, 4) is 11.1 Å². The van der Waals surface area contributed by atoms with Crippen LogP contribution in [0.15, 0.2) is 36.4 Å². The largest absolute Gasteiger partial charge is 0.252 e. The monoisotopic (exact) mass is 259 g/mol. The van der Waals surface area contributed by atoms with Gasteiger partial charge in [-0.05, 0) is 60.7 Å². The number of fused-ring (bicyclic) bond motifs is 4. The van der Waals surface area contributed by atoms with Crippen LogP contribution in [0, 0.1) is 20.8 Å². The van der Waals surface area contributed by atoms with Crippen LogP contribution in [0.1, 0.15) is 27.9 Å². The lowest BCUT2D eigenvalue weighted by Crippen LogP contribution is -1.89. The minimum absolute atomic E-state index is 0.968. The van der Waals surface area contributed by atoms with Gasteiger partial charge in [-0.2, -0.15) is 0 Å². The maximum atomic E-state index is 4.89. The highest BCUT2D eigenvalue weighted by Crippen LogP contribution is 2.38. The van der Waals surface area contributed by atoms with Crippen molar-refractivity contribution in [1.82, 2.24) is 4.98 Å². The highest BCUT2D eigenvalue weighted by atomic mass is 14.7. The first kappa shape index (κ1) is 11.7. The molecule has 0 atom stereocenters. The van der Waals surface area contributed by atoms with Crippen molar-refractivity contribution >= 4 is 10.9 Å². The molecule has 3 aromatic rings. The van der Waals surface area contributed by atoms with E-state index in [2.05, 4.69) is 57.2 Å². The lowest BCUT2D eigenvalue weighted by Gasteiger charge is -2.06. The second-order valence-corrected chi connectivity index (χ2v) is 5.95. The Labute approximate surface area is 119 Å². The summed E-state index contributed by atoms with van der Waals surface area (Å²) in [5.74, 6) is 0. The van der Waals surface area contributed by atoms with Crippen molar-refractivity contribution in [3.63, 3.8) is 0 Å². The summed E-state index contributed by atoms with van der Waals surface area (Å²) in [6, 6.07) is 13.5. The summed E-state index contributed by atoms with van der Waals surface area (Å²) >= 11 is 0. The first-order valence-corrected chi connectivity index (χ1v) is 7.12. The second kappa shape index (κ2) is 3.92. The van der Waals surface area contributed by atoms with Crippen LogP contribution < -0.4 is 0 Å². The van der Waals surface area contributed by atoms with Gasteiger partial charge in [0.15, 0.2) is 0 Å². The number of benzene rings is 2. The van der Waals surface area contributed by atoms with Crippen molar-refractivity contribution in [2.75, 3.05) is 0 Å². The Morgan fingerprint density at radius 3 is 2.50 bits per heavy atom. The van der Waals surface area contributed by atoms with Crippen LogP contribution in [-0.2, 0) is 6.42 Å². The Bertz CT molecular complexity index is 859. The van der Waals surface area contributed by atoms with E-state index in [1.807, 2.05) is 0 Å². The van der Waals surface area contributed by atoms with Crippen molar-refractivity contribution in [2.45, 2.75) is 27.2 Å². The minimum atomic E-state index is 0.968. The third-order valence-corrected chi connectivity index (χ3v) is 4.42. The van der Waals surface area contributed by atoms with Gasteiger partial charge in [-0.1, -0.05) is 24.3 Å². The van der Waals surface area contributed by atoms with Crippen LogP contribution in [0.4, 0.5) is 0 Å². The number of rotatable bonds is 0. The summed E-state index contributed by atoms with van der Waals surface area (Å²) in [6.07, 6.45) is 0.968. The van der Waals surface area contributed by atoms with Gasteiger partial charge in [0.2, 0.25) is 0 Å². The summed E-state index contributed by atoms with van der Waals surface area (Å²) in [7, 11) is 0. The molecule has 1 heteroatoms. The first-order chi connectivity index (χ1) is 9.61. The Kier molecular flexibility index (Phi) is 2.29. The van der Waals surface area contributed by atoms with E-state index in [1.54, 1.807) is 0 Å². The van der Waals surface area contributed by atoms with Crippen molar-refractivity contribution in [3.05, 3.63) is 64.3 Å². The number of nitrogens with zero attached hydrogens (tertiary/aromatic N) is 1. The third-order valence-electron chi connectivity index (χ3n) is 4.42. The number of aromatic nitrogens is 1. The Hall–Kier alpha value is -2.15. The van der Waals surface area contributed by atoms with Crippen LogP contribution in [0.25, 0.3) is 22.0 Å². The Morgan fingerprint density at radius 2 is 1.65 bits per heavy atom. The molecule has 2 aromatic carbocycles. The average molecular weight is 259 g/mol. The van der Waals surface area contributed by atoms with Crippen LogP contribution in [0.2, 0.25) is 0 Å². The van der Waals surface area contributed by atoms with Crippen molar-refractivity contribution in [1.29, 1.82) is 0 Å². The van der Waals surface area contributed by atoms with Gasteiger partial charge in [0, 0.05) is 17.4 Å². The molecule has 0 saturated carbocycles. The normalized spacial score (nSPS) is 12.6. The van der Waals surface area contributed by atoms with Gasteiger partial charge in [-0.25, -0.2) is 0 Å². The quantitative estimate of drug-likeness (QED) is 0.445. The molecule has 0 aliphatic heterocycles. The summed E-state index contributed by atoms with van der Waals surface area (Å²) in [5, 5.41) is 1.24. The minimum Gasteiger partial charge on any atom is -0.252 e. The number of hydrogen-bond acceptors (Lipinski definition) is 1. The maximum absolute atomic E-state index is 4.89. The van der Waals surface area contributed by atoms with Gasteiger partial charge < -0.3 is 0 Å². The summed E-state index contributed by atoms with van der Waals surface area (Å²) < 4.78 is 0. The molecule has 0 spiro atoms. The first-order valence-electron chi connectivity index (χ1n) is 7.12. The number of hydrogen-bond donors (Lipinski definition) is 0. The molecule has 0 radical (unpaired) electrons. The highest BCUT2D eigenvalue weighted by Gasteiger charge is 2.21. The van der Waals surface area contributed by atoms with Gasteiger partial charge in [-0.15, -0.1) is 0 Å². The van der Waals surface area contributed by atoms with E-state index in [0.717, 1.165) is 11.9 Å². The van der Waals surface area contributed by atoms with Crippen molar-refractivity contribution < 1.29 is 0 Å². The van der Waals surface area contributed by atoms with E-state index in [9.17, 15) is 0 Å². The van der Waals surface area contributed by atoms with E-state index < -0.39 is 0 Å². The molecular weight excluding hydrogens is 242 g/mol. The lowest BCUT2D eigenvalue weighted by atomic mass is 9.99. The zero-order valence-corrected chi connectivity index (χ0v) is 12.1. The van der Waals surface area contributed by atoms with Gasteiger partial charge in [0.05, 0.1) is 11.2 Å². The number of pyridine rings is 1. The van der Waals surface area contributed by atoms with Crippen LogP contribution in [0.5, 0.6) is 0 Å². The maximum Gasteiger partial charge on any atom is 0.0708 e. The molecule has 1 aliphatic carbocycles. The smallest absolute Gasteiger partial charge is 0.0708 e. The topological polar surface area (TPSA) is 12.9 Å². The molecule has 1 nitrogen and oxygen atoms in total. The zero-order chi connectivity index (χ0) is 13.9. The van der Waals surface area contributed by atoms with Gasteiger partial charge in [0.1, 0.15) is 0 Å². The summed E-state index contributed by atoms with van der Waals surface area (Å²) in [4.78, 5) is 4.89. The van der Waals surface area contributed by atoms with Crippen LogP contribution in [-0.4, -0.2) is 4.98 Å². The zero-order valence-electron chi connectivity index (χ0n) is 12.1. The Morgan fingerprint density at radius 1 is 0.850 bits per heavy atom. The lowest BCUT2D eigenvalue weighted by molar-refractivity contribution is 1.14. The van der Waals surface area contributed by atoms with Crippen LogP contribution >= 0.6 is 0 Å². The van der Waals surface area contributed by atoms with Crippen LogP contribution in [0.3, 0.4) is 0 Å². The van der Waals surface area contributed by atoms with E-state index in [0.29, 0.717) is 0 Å². The fourth-order valence-corrected chi connectivity index (χ4v) is 3.14. The van der Waals surface area contributed by atoms with Gasteiger partial charge in [-0.3, -0.25) is 4.98 Å². The molecule has 1 aliphatic rings.